The number of halogens is 2. The molecule has 11 heteroatoms. The molecule has 3 heterocycles. The van der Waals surface area contributed by atoms with Crippen molar-refractivity contribution >= 4 is 56.6 Å². The Balaban J connectivity index is 1.99. The van der Waals surface area contributed by atoms with Crippen molar-refractivity contribution in [1.29, 1.82) is 0 Å². The summed E-state index contributed by atoms with van der Waals surface area (Å²) in [4.78, 5) is 57.3. The molecule has 0 saturated carbocycles. The summed E-state index contributed by atoms with van der Waals surface area (Å²) in [6.45, 7) is 4.06. The van der Waals surface area contributed by atoms with E-state index < -0.39 is 11.2 Å². The molecular formula is C24H26Cl2N4O4S. The molecule has 1 aliphatic heterocycles. The van der Waals surface area contributed by atoms with E-state index in [4.69, 9.17) is 23.2 Å². The monoisotopic (exact) mass is 536 g/mol. The molecule has 1 aromatic carbocycles. The second-order valence-corrected chi connectivity index (χ2v) is 10.8. The Labute approximate surface area is 216 Å². The van der Waals surface area contributed by atoms with Crippen molar-refractivity contribution in [3.05, 3.63) is 59.5 Å². The molecule has 1 saturated heterocycles. The second-order valence-electron chi connectivity index (χ2n) is 8.98. The van der Waals surface area contributed by atoms with Gasteiger partial charge in [-0.25, -0.2) is 9.36 Å². The molecule has 8 nitrogen and oxygen atoms in total. The average molecular weight is 537 g/mol. The third-order valence-corrected chi connectivity index (χ3v) is 8.43. The normalized spacial score (nSPS) is 16.1. The van der Waals surface area contributed by atoms with Gasteiger partial charge in [0.05, 0.1) is 26.0 Å². The second kappa shape index (κ2) is 9.79. The lowest BCUT2D eigenvalue weighted by Crippen LogP contribution is -2.46. The lowest BCUT2D eigenvalue weighted by molar-refractivity contribution is -0.135. The SMILES string of the molecule is Cc1c(C(=O)N(C)C)sc2c1c(=O)n(-c1ccc(Cl)c(Cl)c1)c(=O)n2CC(=O)N1CCCC[C@H]1C. The molecule has 2 aromatic heterocycles. The summed E-state index contributed by atoms with van der Waals surface area (Å²) in [6.07, 6.45) is 2.86. The topological polar surface area (TPSA) is 84.6 Å². The molecule has 0 aliphatic carbocycles. The van der Waals surface area contributed by atoms with Crippen LogP contribution in [0.15, 0.2) is 27.8 Å². The molecule has 1 fully saturated rings. The van der Waals surface area contributed by atoms with Crippen molar-refractivity contribution in [2.75, 3.05) is 20.6 Å². The van der Waals surface area contributed by atoms with E-state index in [0.29, 0.717) is 21.8 Å². The van der Waals surface area contributed by atoms with Gasteiger partial charge in [-0.05, 0) is 56.9 Å². The van der Waals surface area contributed by atoms with E-state index in [1.54, 1.807) is 25.9 Å². The number of nitrogens with zero attached hydrogens (tertiary/aromatic N) is 4. The van der Waals surface area contributed by atoms with Crippen LogP contribution in [0.5, 0.6) is 0 Å². The van der Waals surface area contributed by atoms with E-state index in [1.807, 2.05) is 6.92 Å². The van der Waals surface area contributed by atoms with E-state index in [-0.39, 0.29) is 45.5 Å². The van der Waals surface area contributed by atoms with Crippen molar-refractivity contribution in [2.45, 2.75) is 45.7 Å². The van der Waals surface area contributed by atoms with Gasteiger partial charge in [-0.15, -0.1) is 11.3 Å². The summed E-state index contributed by atoms with van der Waals surface area (Å²) in [5.74, 6) is -0.481. The lowest BCUT2D eigenvalue weighted by Gasteiger charge is -2.33. The highest BCUT2D eigenvalue weighted by Crippen LogP contribution is 2.30. The van der Waals surface area contributed by atoms with Crippen molar-refractivity contribution in [3.63, 3.8) is 0 Å². The number of amides is 2. The molecule has 1 atom stereocenters. The van der Waals surface area contributed by atoms with Crippen LogP contribution in [0.4, 0.5) is 0 Å². The summed E-state index contributed by atoms with van der Waals surface area (Å²) < 4.78 is 2.29. The molecule has 186 valence electrons. The maximum absolute atomic E-state index is 13.7. The van der Waals surface area contributed by atoms with Gasteiger partial charge in [0.25, 0.3) is 11.5 Å². The number of hydrogen-bond acceptors (Lipinski definition) is 5. The Morgan fingerprint density at radius 3 is 2.49 bits per heavy atom. The van der Waals surface area contributed by atoms with Gasteiger partial charge in [-0.1, -0.05) is 23.2 Å². The Hall–Kier alpha value is -2.62. The van der Waals surface area contributed by atoms with E-state index in [2.05, 4.69) is 0 Å². The van der Waals surface area contributed by atoms with Crippen LogP contribution in [-0.2, 0) is 11.3 Å². The molecule has 35 heavy (non-hydrogen) atoms. The number of piperidine rings is 1. The fraction of sp³-hybridized carbons (Fsp3) is 0.417. The molecule has 0 spiro atoms. The van der Waals surface area contributed by atoms with Gasteiger partial charge >= 0.3 is 5.69 Å². The van der Waals surface area contributed by atoms with Gasteiger partial charge in [0.1, 0.15) is 11.4 Å². The van der Waals surface area contributed by atoms with Gasteiger partial charge in [-0.3, -0.25) is 19.0 Å². The smallest absolute Gasteiger partial charge is 0.337 e. The van der Waals surface area contributed by atoms with E-state index in [0.717, 1.165) is 35.2 Å². The Morgan fingerprint density at radius 1 is 1.14 bits per heavy atom. The van der Waals surface area contributed by atoms with Gasteiger partial charge in [0.15, 0.2) is 0 Å². The number of fused-ring (bicyclic) bond motifs is 1. The fourth-order valence-corrected chi connectivity index (χ4v) is 6.05. The molecule has 0 bridgehead atoms. The van der Waals surface area contributed by atoms with Crippen LogP contribution in [0.2, 0.25) is 10.0 Å². The van der Waals surface area contributed by atoms with E-state index in [1.165, 1.54) is 27.7 Å². The maximum Gasteiger partial charge on any atom is 0.337 e. The lowest BCUT2D eigenvalue weighted by atomic mass is 10.0. The largest absolute Gasteiger partial charge is 0.344 e. The van der Waals surface area contributed by atoms with Crippen LogP contribution in [0.3, 0.4) is 0 Å². The highest BCUT2D eigenvalue weighted by Gasteiger charge is 2.28. The molecule has 3 aromatic rings. The molecular weight excluding hydrogens is 511 g/mol. The molecule has 2 amide bonds. The van der Waals surface area contributed by atoms with Gasteiger partial charge in [-0.2, -0.15) is 0 Å². The van der Waals surface area contributed by atoms with Crippen LogP contribution in [0.25, 0.3) is 15.9 Å². The first kappa shape index (κ1) is 25.5. The summed E-state index contributed by atoms with van der Waals surface area (Å²) in [7, 11) is 3.24. The maximum atomic E-state index is 13.7. The number of aryl methyl sites for hydroxylation is 1. The van der Waals surface area contributed by atoms with Crippen LogP contribution in [-0.4, -0.2) is 57.4 Å². The Morgan fingerprint density at radius 2 is 1.86 bits per heavy atom. The van der Waals surface area contributed by atoms with Crippen molar-refractivity contribution < 1.29 is 9.59 Å². The highest BCUT2D eigenvalue weighted by atomic mass is 35.5. The molecule has 0 N–H and O–H groups in total. The number of benzene rings is 1. The zero-order valence-electron chi connectivity index (χ0n) is 19.9. The fourth-order valence-electron chi connectivity index (χ4n) is 4.44. The first-order chi connectivity index (χ1) is 16.5. The number of likely N-dealkylation sites (tertiary alicyclic amines) is 1. The third-order valence-electron chi connectivity index (χ3n) is 6.39. The molecule has 0 unspecified atom stereocenters. The third kappa shape index (κ3) is 4.52. The summed E-state index contributed by atoms with van der Waals surface area (Å²) in [5.41, 5.74) is -0.557. The number of thiophene rings is 1. The minimum absolute atomic E-state index is 0.0689. The van der Waals surface area contributed by atoms with E-state index in [9.17, 15) is 19.2 Å². The van der Waals surface area contributed by atoms with E-state index >= 15 is 0 Å². The number of rotatable bonds is 4. The number of carbonyl (C=O) groups excluding carboxylic acids is 2. The molecule has 1 aliphatic rings. The number of hydrogen-bond donors (Lipinski definition) is 0. The van der Waals surface area contributed by atoms with Crippen LogP contribution < -0.4 is 11.2 Å². The minimum atomic E-state index is -0.677. The zero-order valence-corrected chi connectivity index (χ0v) is 22.3. The summed E-state index contributed by atoms with van der Waals surface area (Å²) in [5, 5.41) is 0.695. The molecule has 0 radical (unpaired) electrons. The Kier molecular flexibility index (Phi) is 7.13. The van der Waals surface area contributed by atoms with Crippen molar-refractivity contribution in [2.24, 2.45) is 0 Å². The number of carbonyl (C=O) groups is 2. The van der Waals surface area contributed by atoms with Crippen LogP contribution in [0, 0.1) is 6.92 Å². The minimum Gasteiger partial charge on any atom is -0.344 e. The Bertz CT molecular complexity index is 1460. The summed E-state index contributed by atoms with van der Waals surface area (Å²) in [6, 6.07) is 4.53. The predicted octanol–water partition coefficient (Wildman–Crippen LogP) is 3.93. The highest BCUT2D eigenvalue weighted by molar-refractivity contribution is 7.20. The zero-order chi connectivity index (χ0) is 25.6. The summed E-state index contributed by atoms with van der Waals surface area (Å²) >= 11 is 13.3. The standard InChI is InChI=1S/C24H26Cl2N4O4S/c1-13-7-5-6-10-28(13)18(31)12-29-23-19(14(2)20(35-23)22(33)27(3)4)21(32)30(24(29)34)15-8-9-16(25)17(26)11-15/h8-9,11,13H,5-7,10,12H2,1-4H3/t13-/m1/s1. The predicted molar refractivity (Wildman–Crippen MR) is 139 cm³/mol. The van der Waals surface area contributed by atoms with Gasteiger partial charge < -0.3 is 9.80 Å². The first-order valence-electron chi connectivity index (χ1n) is 11.3. The van der Waals surface area contributed by atoms with Crippen LogP contribution >= 0.6 is 34.5 Å². The van der Waals surface area contributed by atoms with Crippen LogP contribution in [0.1, 0.15) is 41.4 Å². The first-order valence-corrected chi connectivity index (χ1v) is 12.9. The van der Waals surface area contributed by atoms with Crippen molar-refractivity contribution in [1.82, 2.24) is 18.9 Å². The number of aromatic nitrogens is 2. The van der Waals surface area contributed by atoms with Gasteiger partial charge in [0, 0.05) is 26.7 Å². The van der Waals surface area contributed by atoms with Crippen molar-refractivity contribution in [3.8, 4) is 5.69 Å². The average Bonchev–Trinajstić information content (AvgIpc) is 3.15. The van der Waals surface area contributed by atoms with Gasteiger partial charge in [0.2, 0.25) is 5.91 Å². The molecule has 4 rings (SSSR count). The quantitative estimate of drug-likeness (QED) is 0.505.